The molecule has 1 heterocycles. The highest BCUT2D eigenvalue weighted by Crippen LogP contribution is 2.33. The fraction of sp³-hybridized carbons (Fsp3) is 0.562. The molecule has 1 fully saturated rings. The van der Waals surface area contributed by atoms with Crippen LogP contribution in [0.25, 0.3) is 0 Å². The second kappa shape index (κ2) is 5.64. The molecule has 0 atom stereocenters. The third-order valence-corrected chi connectivity index (χ3v) is 4.37. The second-order valence-corrected chi connectivity index (χ2v) is 5.67. The monoisotopic (exact) mass is 257 g/mol. The minimum Gasteiger partial charge on any atom is -0.370 e. The number of nitrogens with two attached hydrogens (primary N) is 1. The van der Waals surface area contributed by atoms with E-state index in [1.54, 1.807) is 0 Å². The van der Waals surface area contributed by atoms with Gasteiger partial charge in [-0.25, -0.2) is 0 Å². The minimum atomic E-state index is 0.664. The summed E-state index contributed by atoms with van der Waals surface area (Å²) >= 11 is 0. The van der Waals surface area contributed by atoms with Crippen LogP contribution in [0.1, 0.15) is 50.0 Å². The van der Waals surface area contributed by atoms with Crippen LogP contribution in [0.5, 0.6) is 0 Å². The van der Waals surface area contributed by atoms with E-state index in [2.05, 4.69) is 34.2 Å². The van der Waals surface area contributed by atoms with E-state index >= 15 is 0 Å². The molecule has 0 aromatic heterocycles. The molecule has 0 radical (unpaired) electrons. The quantitative estimate of drug-likeness (QED) is 0.883. The van der Waals surface area contributed by atoms with Gasteiger partial charge >= 0.3 is 0 Å². The van der Waals surface area contributed by atoms with Crippen LogP contribution in [0.3, 0.4) is 0 Å². The zero-order chi connectivity index (χ0) is 13.1. The second-order valence-electron chi connectivity index (χ2n) is 5.67. The standard InChI is InChI=1S/C16H23N3/c17-16-18-11-4-12-19(16)15-9-7-14(8-10-15)13-5-2-1-3-6-13/h7-10,13H,1-6,11-12H2,(H2,17,18). The molecule has 19 heavy (non-hydrogen) atoms. The van der Waals surface area contributed by atoms with Crippen molar-refractivity contribution in [3.05, 3.63) is 29.8 Å². The van der Waals surface area contributed by atoms with Gasteiger partial charge in [-0.3, -0.25) is 4.99 Å². The van der Waals surface area contributed by atoms with Crippen LogP contribution < -0.4 is 10.6 Å². The summed E-state index contributed by atoms with van der Waals surface area (Å²) in [6.07, 6.45) is 7.98. The highest BCUT2D eigenvalue weighted by molar-refractivity contribution is 5.95. The van der Waals surface area contributed by atoms with Crippen LogP contribution in [0.2, 0.25) is 0 Å². The minimum absolute atomic E-state index is 0.664. The molecular formula is C16H23N3. The predicted octanol–water partition coefficient (Wildman–Crippen LogP) is 3.26. The van der Waals surface area contributed by atoms with Crippen molar-refractivity contribution in [3.63, 3.8) is 0 Å². The van der Waals surface area contributed by atoms with Gasteiger partial charge < -0.3 is 10.6 Å². The summed E-state index contributed by atoms with van der Waals surface area (Å²) in [6.45, 7) is 1.85. The van der Waals surface area contributed by atoms with E-state index in [1.807, 2.05) is 0 Å². The van der Waals surface area contributed by atoms with Gasteiger partial charge in [0.2, 0.25) is 0 Å². The first-order valence-electron chi connectivity index (χ1n) is 7.52. The highest BCUT2D eigenvalue weighted by Gasteiger charge is 2.17. The summed E-state index contributed by atoms with van der Waals surface area (Å²) in [4.78, 5) is 6.44. The van der Waals surface area contributed by atoms with Gasteiger partial charge in [-0.05, 0) is 42.9 Å². The van der Waals surface area contributed by atoms with Gasteiger partial charge in [0.05, 0.1) is 0 Å². The molecule has 1 aromatic rings. The Bertz CT molecular complexity index is 444. The molecule has 2 N–H and O–H groups in total. The van der Waals surface area contributed by atoms with Crippen LogP contribution in [0.15, 0.2) is 29.3 Å². The van der Waals surface area contributed by atoms with Gasteiger partial charge in [0.1, 0.15) is 0 Å². The van der Waals surface area contributed by atoms with E-state index in [9.17, 15) is 0 Å². The van der Waals surface area contributed by atoms with E-state index in [0.717, 1.165) is 25.4 Å². The molecule has 3 heteroatoms. The number of hydrogen-bond donors (Lipinski definition) is 1. The smallest absolute Gasteiger partial charge is 0.195 e. The Labute approximate surface area is 115 Å². The molecule has 1 aromatic carbocycles. The van der Waals surface area contributed by atoms with Crippen LogP contribution >= 0.6 is 0 Å². The van der Waals surface area contributed by atoms with Gasteiger partial charge in [0, 0.05) is 18.8 Å². The fourth-order valence-electron chi connectivity index (χ4n) is 3.25. The lowest BCUT2D eigenvalue weighted by molar-refractivity contribution is 0.443. The number of guanidine groups is 1. The van der Waals surface area contributed by atoms with E-state index in [0.29, 0.717) is 5.96 Å². The Balaban J connectivity index is 1.74. The Morgan fingerprint density at radius 1 is 1.00 bits per heavy atom. The lowest BCUT2D eigenvalue weighted by Crippen LogP contribution is -2.41. The molecule has 1 aliphatic heterocycles. The summed E-state index contributed by atoms with van der Waals surface area (Å²) in [5.41, 5.74) is 8.65. The molecule has 0 bridgehead atoms. The zero-order valence-corrected chi connectivity index (χ0v) is 11.5. The molecule has 3 rings (SSSR count). The van der Waals surface area contributed by atoms with Crippen molar-refractivity contribution < 1.29 is 0 Å². The average molecular weight is 257 g/mol. The average Bonchev–Trinajstić information content (AvgIpc) is 2.49. The molecule has 1 aliphatic carbocycles. The maximum Gasteiger partial charge on any atom is 0.195 e. The molecule has 1 saturated carbocycles. The normalized spacial score (nSPS) is 21.3. The largest absolute Gasteiger partial charge is 0.370 e. The first-order chi connectivity index (χ1) is 9.34. The van der Waals surface area contributed by atoms with Crippen LogP contribution in [0, 0.1) is 0 Å². The molecule has 0 spiro atoms. The van der Waals surface area contributed by atoms with Crippen molar-refractivity contribution in [2.24, 2.45) is 10.7 Å². The Morgan fingerprint density at radius 2 is 1.74 bits per heavy atom. The first-order valence-corrected chi connectivity index (χ1v) is 7.52. The van der Waals surface area contributed by atoms with Crippen molar-refractivity contribution in [3.8, 4) is 0 Å². The Kier molecular flexibility index (Phi) is 3.72. The SMILES string of the molecule is NC1=NCCCN1c1ccc(C2CCCCC2)cc1. The first kappa shape index (κ1) is 12.5. The molecule has 3 nitrogen and oxygen atoms in total. The molecule has 0 saturated heterocycles. The topological polar surface area (TPSA) is 41.6 Å². The summed E-state index contributed by atoms with van der Waals surface area (Å²) in [5, 5.41) is 0. The van der Waals surface area contributed by atoms with Crippen LogP contribution in [0.4, 0.5) is 5.69 Å². The molecule has 2 aliphatic rings. The predicted molar refractivity (Wildman–Crippen MR) is 80.7 cm³/mol. The van der Waals surface area contributed by atoms with Crippen LogP contribution in [-0.4, -0.2) is 19.0 Å². The molecule has 0 unspecified atom stereocenters. The summed E-state index contributed by atoms with van der Waals surface area (Å²) in [7, 11) is 0. The van der Waals surface area contributed by atoms with Gasteiger partial charge in [-0.1, -0.05) is 31.4 Å². The van der Waals surface area contributed by atoms with Crippen molar-refractivity contribution in [1.29, 1.82) is 0 Å². The van der Waals surface area contributed by atoms with Gasteiger partial charge in [-0.2, -0.15) is 0 Å². The van der Waals surface area contributed by atoms with Gasteiger partial charge in [0.25, 0.3) is 0 Å². The van der Waals surface area contributed by atoms with Crippen molar-refractivity contribution in [2.45, 2.75) is 44.4 Å². The Hall–Kier alpha value is -1.51. The number of hydrogen-bond acceptors (Lipinski definition) is 3. The van der Waals surface area contributed by atoms with E-state index in [-0.39, 0.29) is 0 Å². The van der Waals surface area contributed by atoms with Gasteiger partial charge in [-0.15, -0.1) is 0 Å². The van der Waals surface area contributed by atoms with E-state index in [4.69, 9.17) is 5.73 Å². The molecule has 0 amide bonds. The summed E-state index contributed by atoms with van der Waals surface area (Å²) in [5.74, 6) is 1.44. The molecular weight excluding hydrogens is 234 g/mol. The lowest BCUT2D eigenvalue weighted by Gasteiger charge is -2.27. The molecule has 102 valence electrons. The fourth-order valence-corrected chi connectivity index (χ4v) is 3.25. The van der Waals surface area contributed by atoms with Crippen LogP contribution in [-0.2, 0) is 0 Å². The number of aliphatic imine (C=N–C) groups is 1. The summed E-state index contributed by atoms with van der Waals surface area (Å²) < 4.78 is 0. The zero-order valence-electron chi connectivity index (χ0n) is 11.5. The lowest BCUT2D eigenvalue weighted by atomic mass is 9.84. The van der Waals surface area contributed by atoms with Crippen molar-refractivity contribution >= 4 is 11.6 Å². The third-order valence-electron chi connectivity index (χ3n) is 4.37. The third kappa shape index (κ3) is 2.75. The Morgan fingerprint density at radius 3 is 2.42 bits per heavy atom. The van der Waals surface area contributed by atoms with E-state index < -0.39 is 0 Å². The number of nitrogens with zero attached hydrogens (tertiary/aromatic N) is 2. The van der Waals surface area contributed by atoms with E-state index in [1.165, 1.54) is 43.4 Å². The van der Waals surface area contributed by atoms with Crippen molar-refractivity contribution in [2.75, 3.05) is 18.0 Å². The number of anilines is 1. The van der Waals surface area contributed by atoms with Gasteiger partial charge in [0.15, 0.2) is 5.96 Å². The highest BCUT2D eigenvalue weighted by atomic mass is 15.3. The maximum absolute atomic E-state index is 5.97. The number of rotatable bonds is 2. The maximum atomic E-state index is 5.97. The van der Waals surface area contributed by atoms with Crippen molar-refractivity contribution in [1.82, 2.24) is 0 Å². The summed E-state index contributed by atoms with van der Waals surface area (Å²) in [6, 6.07) is 8.98. The number of benzene rings is 1.